The summed E-state index contributed by atoms with van der Waals surface area (Å²) in [6, 6.07) is 0.473. The smallest absolute Gasteiger partial charge is 0.224 e. The van der Waals surface area contributed by atoms with Gasteiger partial charge in [0.25, 0.3) is 0 Å². The van der Waals surface area contributed by atoms with Crippen LogP contribution in [-0.4, -0.2) is 32.8 Å². The van der Waals surface area contributed by atoms with Crippen LogP contribution in [0.2, 0.25) is 0 Å². The number of nitrogens with one attached hydrogen (secondary N) is 1. The van der Waals surface area contributed by atoms with E-state index in [1.165, 1.54) is 12.8 Å². The van der Waals surface area contributed by atoms with Gasteiger partial charge >= 0.3 is 0 Å². The van der Waals surface area contributed by atoms with E-state index in [-0.39, 0.29) is 0 Å². The Morgan fingerprint density at radius 2 is 2.22 bits per heavy atom. The van der Waals surface area contributed by atoms with Crippen LogP contribution in [0.4, 0.5) is 11.8 Å². The van der Waals surface area contributed by atoms with Crippen LogP contribution in [0.15, 0.2) is 6.20 Å². The highest BCUT2D eigenvalue weighted by Gasteiger charge is 2.26. The summed E-state index contributed by atoms with van der Waals surface area (Å²) in [5, 5.41) is 7.83. The number of nitrogens with zero attached hydrogens (tertiary/aromatic N) is 4. The second-order valence-electron chi connectivity index (χ2n) is 5.21. The van der Waals surface area contributed by atoms with E-state index in [0.717, 1.165) is 23.7 Å². The number of rotatable bonds is 1. The number of piperidine rings is 1. The molecule has 6 nitrogen and oxygen atoms in total. The molecule has 2 atom stereocenters. The lowest BCUT2D eigenvalue weighted by Crippen LogP contribution is -2.40. The molecule has 1 aliphatic heterocycles. The van der Waals surface area contributed by atoms with Crippen LogP contribution < -0.4 is 10.6 Å². The molecule has 3 heterocycles. The van der Waals surface area contributed by atoms with E-state index in [0.29, 0.717) is 17.6 Å². The summed E-state index contributed by atoms with van der Waals surface area (Å²) in [5.74, 6) is 1.98. The topological polar surface area (TPSA) is 83.7 Å². The molecule has 0 aromatic carbocycles. The van der Waals surface area contributed by atoms with Gasteiger partial charge in [0.1, 0.15) is 5.82 Å². The predicted octanol–water partition coefficient (Wildman–Crippen LogP) is 1.56. The summed E-state index contributed by atoms with van der Waals surface area (Å²) in [6.07, 6.45) is 4.14. The van der Waals surface area contributed by atoms with Crippen molar-refractivity contribution in [2.24, 2.45) is 5.92 Å². The van der Waals surface area contributed by atoms with Crippen molar-refractivity contribution in [3.63, 3.8) is 0 Å². The molecule has 1 aliphatic rings. The molecule has 0 amide bonds. The SMILES string of the molecule is CC1CCN(c2nc(N)nc3[nH]ncc23)C(C)C1. The van der Waals surface area contributed by atoms with E-state index in [4.69, 9.17) is 5.73 Å². The van der Waals surface area contributed by atoms with Crippen molar-refractivity contribution >= 4 is 22.8 Å². The minimum atomic E-state index is 0.299. The Kier molecular flexibility index (Phi) is 2.57. The van der Waals surface area contributed by atoms with Gasteiger partial charge in [-0.3, -0.25) is 5.10 Å². The molecule has 3 N–H and O–H groups in total. The van der Waals surface area contributed by atoms with Crippen LogP contribution in [0.1, 0.15) is 26.7 Å². The molecule has 96 valence electrons. The third-order valence-electron chi connectivity index (χ3n) is 3.72. The highest BCUT2D eigenvalue weighted by molar-refractivity contribution is 5.87. The van der Waals surface area contributed by atoms with Gasteiger partial charge in [-0.1, -0.05) is 6.92 Å². The van der Waals surface area contributed by atoms with E-state index >= 15 is 0 Å². The number of hydrogen-bond donors (Lipinski definition) is 2. The van der Waals surface area contributed by atoms with Crippen molar-refractivity contribution < 1.29 is 0 Å². The van der Waals surface area contributed by atoms with Crippen molar-refractivity contribution in [3.05, 3.63) is 6.20 Å². The Balaban J connectivity index is 2.05. The van der Waals surface area contributed by atoms with Gasteiger partial charge in [-0.05, 0) is 25.7 Å². The third-order valence-corrected chi connectivity index (χ3v) is 3.72. The molecular weight excluding hydrogens is 228 g/mol. The van der Waals surface area contributed by atoms with E-state index in [1.54, 1.807) is 6.20 Å². The second-order valence-corrected chi connectivity index (χ2v) is 5.21. The molecule has 3 rings (SSSR count). The molecule has 0 radical (unpaired) electrons. The molecule has 2 aromatic heterocycles. The zero-order chi connectivity index (χ0) is 12.7. The van der Waals surface area contributed by atoms with Gasteiger partial charge in [0.15, 0.2) is 5.65 Å². The Bertz CT molecular complexity index is 563. The lowest BCUT2D eigenvalue weighted by Gasteiger charge is -2.37. The minimum Gasteiger partial charge on any atom is -0.368 e. The molecule has 1 fully saturated rings. The predicted molar refractivity (Wildman–Crippen MR) is 71.3 cm³/mol. The maximum Gasteiger partial charge on any atom is 0.224 e. The van der Waals surface area contributed by atoms with Crippen molar-refractivity contribution in [2.75, 3.05) is 17.2 Å². The molecule has 0 aliphatic carbocycles. The number of H-pyrrole nitrogens is 1. The van der Waals surface area contributed by atoms with Crippen LogP contribution in [0.25, 0.3) is 11.0 Å². The van der Waals surface area contributed by atoms with E-state index < -0.39 is 0 Å². The first kappa shape index (κ1) is 11.3. The first-order valence-corrected chi connectivity index (χ1v) is 6.38. The average molecular weight is 246 g/mol. The standard InChI is InChI=1S/C12H18N6/c1-7-3-4-18(8(2)5-7)11-9-6-14-17-10(9)15-12(13)16-11/h6-8H,3-5H2,1-2H3,(H3,13,14,15,16,17). The summed E-state index contributed by atoms with van der Waals surface area (Å²) >= 11 is 0. The molecular formula is C12H18N6. The number of aromatic nitrogens is 4. The van der Waals surface area contributed by atoms with Gasteiger partial charge in [-0.15, -0.1) is 0 Å². The summed E-state index contributed by atoms with van der Waals surface area (Å²) in [7, 11) is 0. The maximum atomic E-state index is 5.77. The quantitative estimate of drug-likeness (QED) is 0.797. The number of nitrogens with two attached hydrogens (primary N) is 1. The highest BCUT2D eigenvalue weighted by atomic mass is 15.3. The van der Waals surface area contributed by atoms with Crippen molar-refractivity contribution in [3.8, 4) is 0 Å². The maximum absolute atomic E-state index is 5.77. The lowest BCUT2D eigenvalue weighted by molar-refractivity contribution is 0.376. The zero-order valence-corrected chi connectivity index (χ0v) is 10.7. The molecule has 1 saturated heterocycles. The average Bonchev–Trinajstić information content (AvgIpc) is 2.76. The fourth-order valence-electron chi connectivity index (χ4n) is 2.78. The van der Waals surface area contributed by atoms with Gasteiger partial charge in [0.2, 0.25) is 5.95 Å². The highest BCUT2D eigenvalue weighted by Crippen LogP contribution is 2.30. The molecule has 0 bridgehead atoms. The van der Waals surface area contributed by atoms with Crippen LogP contribution in [0.3, 0.4) is 0 Å². The van der Waals surface area contributed by atoms with Crippen LogP contribution in [0.5, 0.6) is 0 Å². The Morgan fingerprint density at radius 3 is 3.00 bits per heavy atom. The number of aromatic amines is 1. The van der Waals surface area contributed by atoms with Gasteiger partial charge in [0, 0.05) is 12.6 Å². The number of nitrogen functional groups attached to an aromatic ring is 1. The Labute approximate surface area is 106 Å². The number of fused-ring (bicyclic) bond motifs is 1. The monoisotopic (exact) mass is 246 g/mol. The Hall–Kier alpha value is -1.85. The van der Waals surface area contributed by atoms with Crippen LogP contribution >= 0.6 is 0 Å². The minimum absolute atomic E-state index is 0.299. The van der Waals surface area contributed by atoms with Gasteiger partial charge in [-0.25, -0.2) is 0 Å². The number of anilines is 2. The normalized spacial score (nSPS) is 24.7. The lowest BCUT2D eigenvalue weighted by atomic mass is 9.93. The molecule has 2 aromatic rings. The fourth-order valence-corrected chi connectivity index (χ4v) is 2.78. The number of hydrogen-bond acceptors (Lipinski definition) is 5. The molecule has 6 heteroatoms. The van der Waals surface area contributed by atoms with Crippen molar-refractivity contribution in [2.45, 2.75) is 32.7 Å². The summed E-state index contributed by atoms with van der Waals surface area (Å²) in [4.78, 5) is 10.9. The summed E-state index contributed by atoms with van der Waals surface area (Å²) in [5.41, 5.74) is 6.48. The molecule has 2 unspecified atom stereocenters. The van der Waals surface area contributed by atoms with E-state index in [2.05, 4.69) is 38.9 Å². The molecule has 18 heavy (non-hydrogen) atoms. The fraction of sp³-hybridized carbons (Fsp3) is 0.583. The zero-order valence-electron chi connectivity index (χ0n) is 10.7. The van der Waals surface area contributed by atoms with Crippen molar-refractivity contribution in [1.29, 1.82) is 0 Å². The second kappa shape index (κ2) is 4.12. The molecule has 0 spiro atoms. The van der Waals surface area contributed by atoms with Crippen LogP contribution in [0, 0.1) is 5.92 Å². The largest absolute Gasteiger partial charge is 0.368 e. The van der Waals surface area contributed by atoms with Crippen molar-refractivity contribution in [1.82, 2.24) is 20.2 Å². The first-order valence-electron chi connectivity index (χ1n) is 6.38. The van der Waals surface area contributed by atoms with E-state index in [9.17, 15) is 0 Å². The summed E-state index contributed by atoms with van der Waals surface area (Å²) < 4.78 is 0. The molecule has 0 saturated carbocycles. The summed E-state index contributed by atoms with van der Waals surface area (Å²) in [6.45, 7) is 5.55. The van der Waals surface area contributed by atoms with Gasteiger partial charge < -0.3 is 10.6 Å². The third kappa shape index (κ3) is 1.77. The van der Waals surface area contributed by atoms with Gasteiger partial charge in [-0.2, -0.15) is 15.1 Å². The first-order chi connectivity index (χ1) is 8.65. The van der Waals surface area contributed by atoms with Crippen LogP contribution in [-0.2, 0) is 0 Å². The Morgan fingerprint density at radius 1 is 1.39 bits per heavy atom. The van der Waals surface area contributed by atoms with E-state index in [1.807, 2.05) is 0 Å². The van der Waals surface area contributed by atoms with Gasteiger partial charge in [0.05, 0.1) is 11.6 Å².